The summed E-state index contributed by atoms with van der Waals surface area (Å²) in [6.45, 7) is 0. The minimum Gasteiger partial charge on any atom is -1.00 e. The van der Waals surface area contributed by atoms with Gasteiger partial charge in [-0.25, -0.2) is 0 Å². The van der Waals surface area contributed by atoms with Crippen LogP contribution in [-0.2, 0) is 23.2 Å². The zero-order chi connectivity index (χ0) is 25.4. The molecular weight excluding hydrogens is 766 g/mol. The molecule has 2 aliphatic carbocycles. The summed E-state index contributed by atoms with van der Waals surface area (Å²) < 4.78 is 5.49. The SMILES string of the molecule is CN1c2ccc[c]3c2C2=c4ccc(Br)c(c4=CC21)Sc1cc(Br)cc2c1=C1c4[c](cccc4N(C)C1C=2)[Zr+2]3.[Cl-].[Cl-]. The molecule has 0 saturated carbocycles. The van der Waals surface area contributed by atoms with Crippen LogP contribution in [0.3, 0.4) is 0 Å². The van der Waals surface area contributed by atoms with Crippen LogP contribution in [0.4, 0.5) is 11.4 Å². The van der Waals surface area contributed by atoms with E-state index in [2.05, 4.69) is 129 Å². The summed E-state index contributed by atoms with van der Waals surface area (Å²) in [5, 5.41) is 5.54. The van der Waals surface area contributed by atoms with Gasteiger partial charge < -0.3 is 24.8 Å². The number of anilines is 2. The molecule has 8 heteroatoms. The third-order valence-electron chi connectivity index (χ3n) is 8.76. The topological polar surface area (TPSA) is 6.48 Å². The minimum atomic E-state index is -1.13. The summed E-state index contributed by atoms with van der Waals surface area (Å²) in [5.41, 5.74) is 8.78. The van der Waals surface area contributed by atoms with Crippen molar-refractivity contribution in [3.05, 3.63) is 102 Å². The van der Waals surface area contributed by atoms with E-state index >= 15 is 0 Å². The first-order valence-electron chi connectivity index (χ1n) is 12.8. The van der Waals surface area contributed by atoms with Gasteiger partial charge >= 0.3 is 255 Å². The second-order valence-electron chi connectivity index (χ2n) is 10.6. The summed E-state index contributed by atoms with van der Waals surface area (Å²) in [4.78, 5) is 7.64. The monoisotopic (exact) mass is 782 g/mol. The van der Waals surface area contributed by atoms with E-state index in [9.17, 15) is 0 Å². The van der Waals surface area contributed by atoms with Gasteiger partial charge in [-0.2, -0.15) is 0 Å². The van der Waals surface area contributed by atoms with Crippen molar-refractivity contribution in [2.45, 2.75) is 21.9 Å². The first kappa shape index (κ1) is 27.6. The molecule has 5 aliphatic rings. The molecule has 0 saturated heterocycles. The van der Waals surface area contributed by atoms with Gasteiger partial charge in [0, 0.05) is 0 Å². The minimum absolute atomic E-state index is 0. The second kappa shape index (κ2) is 9.62. The Labute approximate surface area is 277 Å². The van der Waals surface area contributed by atoms with Crippen LogP contribution in [0.1, 0.15) is 11.1 Å². The van der Waals surface area contributed by atoms with E-state index in [0.29, 0.717) is 0 Å². The second-order valence-corrected chi connectivity index (χ2v) is 16.7. The van der Waals surface area contributed by atoms with Gasteiger partial charge in [0.2, 0.25) is 0 Å². The molecule has 3 heterocycles. The predicted octanol–water partition coefficient (Wildman–Crippen LogP) is -2.66. The van der Waals surface area contributed by atoms with Gasteiger partial charge in [-0.05, 0) is 0 Å². The molecular formula is C32H20Br2Cl2N2SZr. The van der Waals surface area contributed by atoms with Crippen LogP contribution >= 0.6 is 43.6 Å². The maximum Gasteiger partial charge on any atom is -1.00 e. The Bertz CT molecular complexity index is 2080. The van der Waals surface area contributed by atoms with Gasteiger partial charge in [-0.3, -0.25) is 0 Å². The summed E-state index contributed by atoms with van der Waals surface area (Å²) >= 11 is 8.60. The van der Waals surface area contributed by atoms with Gasteiger partial charge in [-0.15, -0.1) is 0 Å². The number of hydrogen-bond donors (Lipinski definition) is 0. The number of hydrogen-bond acceptors (Lipinski definition) is 3. The first-order chi connectivity index (χ1) is 18.5. The molecule has 4 aromatic rings. The fraction of sp³-hybridized carbons (Fsp3) is 0.125. The molecule has 4 bridgehead atoms. The van der Waals surface area contributed by atoms with Crippen molar-refractivity contribution in [2.75, 3.05) is 23.9 Å². The van der Waals surface area contributed by atoms with Crippen molar-refractivity contribution < 1.29 is 48.0 Å². The summed E-state index contributed by atoms with van der Waals surface area (Å²) in [7, 11) is 4.54. The van der Waals surface area contributed by atoms with Crippen molar-refractivity contribution in [1.82, 2.24) is 0 Å². The molecule has 196 valence electrons. The zero-order valence-corrected chi connectivity index (χ0v) is 29.4. The fourth-order valence-corrected chi connectivity index (χ4v) is 13.1. The van der Waals surface area contributed by atoms with Crippen molar-refractivity contribution >= 4 is 84.8 Å². The fourth-order valence-electron chi connectivity index (χ4n) is 7.14. The van der Waals surface area contributed by atoms with Gasteiger partial charge in [0.15, 0.2) is 0 Å². The van der Waals surface area contributed by atoms with Crippen LogP contribution in [0.5, 0.6) is 0 Å². The molecule has 0 aromatic heterocycles. The van der Waals surface area contributed by atoms with E-state index in [-0.39, 0.29) is 36.9 Å². The standard InChI is InChI=1S/C32H20Br2N2S.2ClH.Zr/c1-35-25-10-6-4-8-21(25)31-26(35)14-17-13-18(33)15-28(29(17)31)37-32-22-16-27-30(19(22)11-12-23(32)34)20-7-3-5-9-24(20)36(27)2;;;/h3-6,9-16,26-27H,1-2H3;2*1H;/q;;;+2/p-2. The van der Waals surface area contributed by atoms with E-state index in [4.69, 9.17) is 0 Å². The van der Waals surface area contributed by atoms with Crippen LogP contribution in [0, 0.1) is 0 Å². The van der Waals surface area contributed by atoms with Gasteiger partial charge in [-0.1, -0.05) is 0 Å². The number of benzene rings is 4. The molecule has 0 amide bonds. The van der Waals surface area contributed by atoms with Crippen LogP contribution in [0.15, 0.2) is 79.4 Å². The average molecular weight is 787 g/mol. The zero-order valence-electron chi connectivity index (χ0n) is 21.4. The third-order valence-corrected chi connectivity index (χ3v) is 14.7. The maximum atomic E-state index is 3.96. The number of rotatable bonds is 0. The quantitative estimate of drug-likeness (QED) is 0.193. The number of halogens is 4. The normalized spacial score (nSPS) is 19.2. The number of nitrogens with zero attached hydrogens (tertiary/aromatic N) is 2. The molecule has 2 atom stereocenters. The number of likely N-dealkylation sites (N-methyl/N-ethyl adjacent to an activating group) is 2. The Morgan fingerprint density at radius 1 is 0.775 bits per heavy atom. The molecule has 0 fully saturated rings. The summed E-state index contributed by atoms with van der Waals surface area (Å²) in [6.07, 6.45) is 4.98. The van der Waals surface area contributed by atoms with E-state index in [0.717, 1.165) is 4.47 Å². The van der Waals surface area contributed by atoms with Gasteiger partial charge in [0.25, 0.3) is 0 Å². The Hall–Kier alpha value is -1.27. The van der Waals surface area contributed by atoms with Crippen molar-refractivity contribution in [1.29, 1.82) is 0 Å². The summed E-state index contributed by atoms with van der Waals surface area (Å²) in [5.74, 6) is 0. The molecule has 2 unspecified atom stereocenters. The van der Waals surface area contributed by atoms with Crippen LogP contribution in [-0.4, -0.2) is 26.2 Å². The Kier molecular flexibility index (Phi) is 6.63. The van der Waals surface area contributed by atoms with Crippen LogP contribution in [0.25, 0.3) is 23.3 Å². The van der Waals surface area contributed by atoms with Crippen LogP contribution in [0.2, 0.25) is 0 Å². The average Bonchev–Trinajstić information content (AvgIpc) is 3.61. The van der Waals surface area contributed by atoms with Crippen LogP contribution < -0.4 is 62.0 Å². The molecule has 3 aliphatic heterocycles. The molecule has 0 spiro atoms. The maximum absolute atomic E-state index is 3.96. The Balaban J connectivity index is 0.00000132. The molecule has 0 N–H and O–H groups in total. The Morgan fingerprint density at radius 2 is 1.43 bits per heavy atom. The molecule has 40 heavy (non-hydrogen) atoms. The summed E-state index contributed by atoms with van der Waals surface area (Å²) in [6, 6.07) is 23.9. The van der Waals surface area contributed by atoms with Crippen molar-refractivity contribution in [3.8, 4) is 0 Å². The Morgan fingerprint density at radius 3 is 2.12 bits per heavy atom. The largest absolute Gasteiger partial charge is 1.00 e. The van der Waals surface area contributed by atoms with Gasteiger partial charge in [0.1, 0.15) is 0 Å². The third kappa shape index (κ3) is 3.50. The van der Waals surface area contributed by atoms with Crippen molar-refractivity contribution in [3.63, 3.8) is 0 Å². The molecule has 2 nitrogen and oxygen atoms in total. The van der Waals surface area contributed by atoms with Gasteiger partial charge in [0.05, 0.1) is 0 Å². The smallest absolute Gasteiger partial charge is 1.00 e. The molecule has 0 radical (unpaired) electrons. The van der Waals surface area contributed by atoms with E-state index in [1.54, 1.807) is 6.54 Å². The molecule has 4 aromatic carbocycles. The molecule has 9 rings (SSSR count). The predicted molar refractivity (Wildman–Crippen MR) is 161 cm³/mol. The van der Waals surface area contributed by atoms with E-state index in [1.165, 1.54) is 68.8 Å². The van der Waals surface area contributed by atoms with E-state index in [1.807, 2.05) is 11.8 Å². The van der Waals surface area contributed by atoms with Crippen molar-refractivity contribution in [2.24, 2.45) is 0 Å². The first-order valence-corrected chi connectivity index (χ1v) is 17.6. The van der Waals surface area contributed by atoms with E-state index < -0.39 is 23.2 Å².